The molecule has 1 aromatic carbocycles. The monoisotopic (exact) mass is 377 g/mol. The topological polar surface area (TPSA) is 80.8 Å². The summed E-state index contributed by atoms with van der Waals surface area (Å²) in [5.74, 6) is 2.07. The Kier molecular flexibility index (Phi) is 5.33. The van der Waals surface area contributed by atoms with E-state index in [-0.39, 0.29) is 17.7 Å². The molecule has 0 saturated heterocycles. The van der Waals surface area contributed by atoms with Crippen LogP contribution < -0.4 is 14.8 Å². The van der Waals surface area contributed by atoms with E-state index in [0.29, 0.717) is 18.9 Å². The van der Waals surface area contributed by atoms with Crippen LogP contribution in [0, 0.1) is 0 Å². The van der Waals surface area contributed by atoms with Crippen molar-refractivity contribution in [3.8, 4) is 11.5 Å². The van der Waals surface area contributed by atoms with E-state index in [1.807, 2.05) is 39.0 Å². The van der Waals surface area contributed by atoms with Gasteiger partial charge in [-0.2, -0.15) is 4.31 Å². The molecule has 2 aromatic rings. The molecule has 26 heavy (non-hydrogen) atoms. The average molecular weight is 377 g/mol. The Morgan fingerprint density at radius 2 is 1.88 bits per heavy atom. The van der Waals surface area contributed by atoms with E-state index in [4.69, 9.17) is 9.47 Å². The number of hydrogen-bond acceptors (Lipinski definition) is 6. The maximum Gasteiger partial charge on any atom is 0.244 e. The van der Waals surface area contributed by atoms with Crippen molar-refractivity contribution in [3.05, 3.63) is 42.1 Å². The lowest BCUT2D eigenvalue weighted by Crippen LogP contribution is -2.30. The molecule has 1 N–H and O–H groups in total. The van der Waals surface area contributed by atoms with Crippen molar-refractivity contribution in [2.75, 3.05) is 25.2 Å². The minimum atomic E-state index is -3.49. The highest BCUT2D eigenvalue weighted by molar-refractivity contribution is 7.89. The molecule has 0 saturated carbocycles. The second-order valence-electron chi connectivity index (χ2n) is 5.95. The van der Waals surface area contributed by atoms with Crippen LogP contribution in [0.5, 0.6) is 11.5 Å². The van der Waals surface area contributed by atoms with Gasteiger partial charge in [0, 0.05) is 19.3 Å². The van der Waals surface area contributed by atoms with Crippen molar-refractivity contribution in [3.63, 3.8) is 0 Å². The van der Waals surface area contributed by atoms with E-state index in [0.717, 1.165) is 17.1 Å². The first-order valence-corrected chi connectivity index (χ1v) is 10.0. The maximum atomic E-state index is 12.5. The molecule has 1 aliphatic rings. The van der Waals surface area contributed by atoms with E-state index < -0.39 is 10.0 Å². The summed E-state index contributed by atoms with van der Waals surface area (Å²) in [6.07, 6.45) is 1.39. The molecule has 0 bridgehead atoms. The molecule has 2 heterocycles. The van der Waals surface area contributed by atoms with Gasteiger partial charge in [0.1, 0.15) is 10.7 Å². The van der Waals surface area contributed by atoms with Crippen molar-refractivity contribution in [1.82, 2.24) is 9.29 Å². The molecule has 0 amide bonds. The van der Waals surface area contributed by atoms with Crippen molar-refractivity contribution >= 4 is 15.8 Å². The molecule has 1 aromatic heterocycles. The number of anilines is 1. The Balaban J connectivity index is 1.73. The molecule has 7 nitrogen and oxygen atoms in total. The van der Waals surface area contributed by atoms with E-state index in [1.54, 1.807) is 12.1 Å². The SMILES string of the molecule is CCN(CC)S(=O)(=O)c1ccc(NC(C)c2ccc3c(c2)OCO3)nc1. The number of fused-ring (bicyclic) bond motifs is 1. The summed E-state index contributed by atoms with van der Waals surface area (Å²) in [4.78, 5) is 4.46. The van der Waals surface area contributed by atoms with Crippen LogP contribution in [0.3, 0.4) is 0 Å². The average Bonchev–Trinajstić information content (AvgIpc) is 3.10. The highest BCUT2D eigenvalue weighted by atomic mass is 32.2. The summed E-state index contributed by atoms with van der Waals surface area (Å²) in [5.41, 5.74) is 1.02. The lowest BCUT2D eigenvalue weighted by atomic mass is 10.1. The van der Waals surface area contributed by atoms with Gasteiger partial charge in [0.2, 0.25) is 16.8 Å². The molecule has 3 rings (SSSR count). The summed E-state index contributed by atoms with van der Waals surface area (Å²) in [6.45, 7) is 6.74. The molecule has 1 unspecified atom stereocenters. The molecule has 1 atom stereocenters. The Bertz CT molecular complexity index is 865. The van der Waals surface area contributed by atoms with Gasteiger partial charge in [-0.3, -0.25) is 0 Å². The second kappa shape index (κ2) is 7.51. The number of nitrogens with one attached hydrogen (secondary N) is 1. The summed E-state index contributed by atoms with van der Waals surface area (Å²) < 4.78 is 37.1. The van der Waals surface area contributed by atoms with Crippen LogP contribution in [0.2, 0.25) is 0 Å². The fourth-order valence-corrected chi connectivity index (χ4v) is 4.22. The first-order valence-electron chi connectivity index (χ1n) is 8.58. The van der Waals surface area contributed by atoms with Crippen LogP contribution in [-0.4, -0.2) is 37.6 Å². The van der Waals surface area contributed by atoms with Gasteiger partial charge in [0.25, 0.3) is 0 Å². The normalized spacial score (nSPS) is 14.5. The third kappa shape index (κ3) is 3.61. The van der Waals surface area contributed by atoms with Gasteiger partial charge >= 0.3 is 0 Å². The summed E-state index contributed by atoms with van der Waals surface area (Å²) in [6, 6.07) is 9.00. The van der Waals surface area contributed by atoms with Crippen LogP contribution in [0.1, 0.15) is 32.4 Å². The number of pyridine rings is 1. The van der Waals surface area contributed by atoms with Crippen molar-refractivity contribution in [1.29, 1.82) is 0 Å². The highest BCUT2D eigenvalue weighted by Crippen LogP contribution is 2.34. The molecule has 140 valence electrons. The fourth-order valence-electron chi connectivity index (χ4n) is 2.82. The van der Waals surface area contributed by atoms with Gasteiger partial charge < -0.3 is 14.8 Å². The Morgan fingerprint density at radius 1 is 1.15 bits per heavy atom. The van der Waals surface area contributed by atoms with Crippen molar-refractivity contribution in [2.45, 2.75) is 31.7 Å². The molecule has 0 aliphatic carbocycles. The van der Waals surface area contributed by atoms with E-state index in [2.05, 4.69) is 10.3 Å². The number of ether oxygens (including phenoxy) is 2. The quantitative estimate of drug-likeness (QED) is 0.799. The lowest BCUT2D eigenvalue weighted by Gasteiger charge is -2.19. The largest absolute Gasteiger partial charge is 0.454 e. The Morgan fingerprint density at radius 3 is 2.54 bits per heavy atom. The Labute approximate surface area is 154 Å². The fraction of sp³-hybridized carbons (Fsp3) is 0.389. The first kappa shape index (κ1) is 18.5. The molecule has 0 spiro atoms. The number of sulfonamides is 1. The maximum absolute atomic E-state index is 12.5. The summed E-state index contributed by atoms with van der Waals surface area (Å²) in [5, 5.41) is 3.27. The van der Waals surface area contributed by atoms with Crippen molar-refractivity contribution in [2.24, 2.45) is 0 Å². The number of benzene rings is 1. The van der Waals surface area contributed by atoms with Gasteiger partial charge in [0.15, 0.2) is 11.5 Å². The number of nitrogens with zero attached hydrogens (tertiary/aromatic N) is 2. The number of rotatable bonds is 7. The van der Waals surface area contributed by atoms with E-state index in [9.17, 15) is 8.42 Å². The molecule has 0 radical (unpaired) electrons. The third-order valence-electron chi connectivity index (χ3n) is 4.34. The van der Waals surface area contributed by atoms with Crippen LogP contribution in [-0.2, 0) is 10.0 Å². The van der Waals surface area contributed by atoms with E-state index in [1.165, 1.54) is 10.5 Å². The zero-order valence-corrected chi connectivity index (χ0v) is 15.9. The van der Waals surface area contributed by atoms with Gasteiger partial charge in [-0.15, -0.1) is 0 Å². The predicted molar refractivity (Wildman–Crippen MR) is 98.9 cm³/mol. The molecule has 1 aliphatic heterocycles. The number of hydrogen-bond donors (Lipinski definition) is 1. The number of aromatic nitrogens is 1. The lowest BCUT2D eigenvalue weighted by molar-refractivity contribution is 0.174. The van der Waals surface area contributed by atoms with Gasteiger partial charge in [-0.05, 0) is 36.8 Å². The molecular formula is C18H23N3O4S. The van der Waals surface area contributed by atoms with Crippen LogP contribution in [0.4, 0.5) is 5.82 Å². The van der Waals surface area contributed by atoms with Crippen LogP contribution in [0.15, 0.2) is 41.4 Å². The standard InChI is InChI=1S/C18H23N3O4S/c1-4-21(5-2)26(22,23)15-7-9-18(19-11-15)20-13(3)14-6-8-16-17(10-14)25-12-24-16/h6-11,13H,4-5,12H2,1-3H3,(H,19,20). The minimum Gasteiger partial charge on any atom is -0.454 e. The third-order valence-corrected chi connectivity index (χ3v) is 6.37. The smallest absolute Gasteiger partial charge is 0.244 e. The first-order chi connectivity index (χ1) is 12.5. The zero-order valence-electron chi connectivity index (χ0n) is 15.1. The van der Waals surface area contributed by atoms with Gasteiger partial charge in [-0.1, -0.05) is 19.9 Å². The van der Waals surface area contributed by atoms with Gasteiger partial charge in [0.05, 0.1) is 6.04 Å². The van der Waals surface area contributed by atoms with Gasteiger partial charge in [-0.25, -0.2) is 13.4 Å². The molecular weight excluding hydrogens is 354 g/mol. The summed E-state index contributed by atoms with van der Waals surface area (Å²) in [7, 11) is -3.49. The molecule has 8 heteroatoms. The van der Waals surface area contributed by atoms with Crippen LogP contribution >= 0.6 is 0 Å². The molecule has 0 fully saturated rings. The Hall–Kier alpha value is -2.32. The minimum absolute atomic E-state index is 0.0257. The van der Waals surface area contributed by atoms with Crippen LogP contribution in [0.25, 0.3) is 0 Å². The zero-order chi connectivity index (χ0) is 18.7. The van der Waals surface area contributed by atoms with E-state index >= 15 is 0 Å². The predicted octanol–water partition coefficient (Wildman–Crippen LogP) is 3.01. The van der Waals surface area contributed by atoms with Crippen molar-refractivity contribution < 1.29 is 17.9 Å². The second-order valence-corrected chi connectivity index (χ2v) is 7.89. The highest BCUT2D eigenvalue weighted by Gasteiger charge is 2.22. The summed E-state index contributed by atoms with van der Waals surface area (Å²) >= 11 is 0.